The maximum atomic E-state index is 10.7. The highest BCUT2D eigenvalue weighted by atomic mass is 32.1. The lowest BCUT2D eigenvalue weighted by atomic mass is 10.1. The molecule has 3 rings (SSSR count). The van der Waals surface area contributed by atoms with Crippen molar-refractivity contribution in [3.63, 3.8) is 0 Å². The normalized spacial score (nSPS) is 10.6. The molecule has 5 nitrogen and oxygen atoms in total. The van der Waals surface area contributed by atoms with Crippen LogP contribution in [0.4, 0.5) is 5.69 Å². The van der Waals surface area contributed by atoms with Gasteiger partial charge in [0.1, 0.15) is 0 Å². The number of aromatic nitrogens is 2. The van der Waals surface area contributed by atoms with Gasteiger partial charge in [0.15, 0.2) is 4.77 Å². The number of hydrogen-bond acceptors (Lipinski definition) is 3. The molecule has 0 radical (unpaired) electrons. The Balaban J connectivity index is 2.04. The van der Waals surface area contributed by atoms with Gasteiger partial charge in [-0.3, -0.25) is 14.7 Å². The van der Waals surface area contributed by atoms with E-state index < -0.39 is 4.92 Å². The number of hydrogen-bond donors (Lipinski definition) is 1. The molecule has 0 bridgehead atoms. The summed E-state index contributed by atoms with van der Waals surface area (Å²) in [6, 6.07) is 14.3. The molecule has 22 heavy (non-hydrogen) atoms. The molecule has 0 saturated carbocycles. The first-order valence-corrected chi connectivity index (χ1v) is 7.09. The van der Waals surface area contributed by atoms with Gasteiger partial charge in [-0.15, -0.1) is 0 Å². The highest BCUT2D eigenvalue weighted by molar-refractivity contribution is 7.71. The van der Waals surface area contributed by atoms with E-state index >= 15 is 0 Å². The van der Waals surface area contributed by atoms with Crippen molar-refractivity contribution in [3.05, 3.63) is 75.2 Å². The Morgan fingerprint density at radius 1 is 1.14 bits per heavy atom. The number of aromatic amines is 1. The quantitative estimate of drug-likeness (QED) is 0.442. The minimum atomic E-state index is -0.412. The van der Waals surface area contributed by atoms with Crippen LogP contribution in [0.3, 0.4) is 0 Å². The topological polar surface area (TPSA) is 63.9 Å². The molecular weight excluding hydrogens is 298 g/mol. The smallest absolute Gasteiger partial charge is 0.269 e. The average Bonchev–Trinajstić information content (AvgIpc) is 2.90. The predicted octanol–water partition coefficient (Wildman–Crippen LogP) is 4.42. The van der Waals surface area contributed by atoms with Gasteiger partial charge in [-0.1, -0.05) is 18.2 Å². The molecule has 0 spiro atoms. The maximum absolute atomic E-state index is 10.7. The van der Waals surface area contributed by atoms with Crippen LogP contribution in [-0.4, -0.2) is 14.5 Å². The third-order valence-electron chi connectivity index (χ3n) is 3.48. The Morgan fingerprint density at radius 2 is 1.82 bits per heavy atom. The van der Waals surface area contributed by atoms with Crippen molar-refractivity contribution in [3.8, 4) is 16.9 Å². The number of imidazole rings is 1. The fourth-order valence-electron chi connectivity index (χ4n) is 2.32. The summed E-state index contributed by atoms with van der Waals surface area (Å²) < 4.78 is 2.49. The van der Waals surface area contributed by atoms with Crippen LogP contribution in [0, 0.1) is 21.8 Å². The zero-order valence-electron chi connectivity index (χ0n) is 11.8. The minimum absolute atomic E-state index is 0.0701. The Kier molecular flexibility index (Phi) is 3.60. The van der Waals surface area contributed by atoms with E-state index in [0.717, 1.165) is 22.5 Å². The van der Waals surface area contributed by atoms with Gasteiger partial charge in [0.25, 0.3) is 5.69 Å². The van der Waals surface area contributed by atoms with Crippen LogP contribution in [0.2, 0.25) is 0 Å². The van der Waals surface area contributed by atoms with E-state index in [-0.39, 0.29) is 5.69 Å². The summed E-state index contributed by atoms with van der Waals surface area (Å²) in [5.41, 5.74) is 3.87. The molecule has 1 heterocycles. The largest absolute Gasteiger partial charge is 0.330 e. The first-order chi connectivity index (χ1) is 10.6. The Morgan fingerprint density at radius 3 is 2.45 bits per heavy atom. The number of nitro benzene ring substituents is 1. The highest BCUT2D eigenvalue weighted by Crippen LogP contribution is 2.23. The van der Waals surface area contributed by atoms with Crippen LogP contribution < -0.4 is 0 Å². The molecule has 0 amide bonds. The van der Waals surface area contributed by atoms with E-state index in [1.54, 1.807) is 12.1 Å². The summed E-state index contributed by atoms with van der Waals surface area (Å²) in [5.74, 6) is 0. The molecule has 1 N–H and O–H groups in total. The van der Waals surface area contributed by atoms with E-state index in [9.17, 15) is 10.1 Å². The number of para-hydroxylation sites is 1. The fraction of sp³-hybridized carbons (Fsp3) is 0.0625. The molecule has 2 aromatic carbocycles. The Labute approximate surface area is 132 Å². The van der Waals surface area contributed by atoms with Gasteiger partial charge in [0, 0.05) is 23.9 Å². The molecule has 6 heteroatoms. The molecule has 0 atom stereocenters. The summed E-state index contributed by atoms with van der Waals surface area (Å²) in [7, 11) is 0. The van der Waals surface area contributed by atoms with Crippen LogP contribution >= 0.6 is 12.2 Å². The second-order valence-corrected chi connectivity index (χ2v) is 5.32. The lowest BCUT2D eigenvalue weighted by molar-refractivity contribution is -0.384. The highest BCUT2D eigenvalue weighted by Gasteiger charge is 2.09. The minimum Gasteiger partial charge on any atom is -0.330 e. The van der Waals surface area contributed by atoms with Crippen LogP contribution in [-0.2, 0) is 0 Å². The van der Waals surface area contributed by atoms with Crippen LogP contribution in [0.15, 0.2) is 54.7 Å². The van der Waals surface area contributed by atoms with Crippen molar-refractivity contribution in [1.82, 2.24) is 9.55 Å². The summed E-state index contributed by atoms with van der Waals surface area (Å²) in [4.78, 5) is 13.4. The summed E-state index contributed by atoms with van der Waals surface area (Å²) >= 11 is 5.38. The Hall–Kier alpha value is -2.73. The van der Waals surface area contributed by atoms with Crippen LogP contribution in [0.1, 0.15) is 5.56 Å². The first-order valence-electron chi connectivity index (χ1n) is 6.69. The van der Waals surface area contributed by atoms with Crippen LogP contribution in [0.25, 0.3) is 16.9 Å². The SMILES string of the molecule is Cc1ccccc1-n1cc(-c2ccc([N+](=O)[O-])cc2)[nH]c1=S. The van der Waals surface area contributed by atoms with Crippen molar-refractivity contribution in [1.29, 1.82) is 0 Å². The molecule has 0 saturated heterocycles. The standard InChI is InChI=1S/C16H13N3O2S/c1-11-4-2-3-5-15(11)18-10-14(17-16(18)22)12-6-8-13(9-7-12)19(20)21/h2-10H,1H3,(H,17,22). The van der Waals surface area contributed by atoms with Gasteiger partial charge in [-0.25, -0.2) is 0 Å². The van der Waals surface area contributed by atoms with E-state index in [1.807, 2.05) is 42.0 Å². The molecule has 3 aromatic rings. The van der Waals surface area contributed by atoms with Crippen molar-refractivity contribution >= 4 is 17.9 Å². The molecule has 0 unspecified atom stereocenters. The molecule has 0 aliphatic carbocycles. The first kappa shape index (κ1) is 14.2. The zero-order chi connectivity index (χ0) is 15.7. The third kappa shape index (κ3) is 2.56. The van der Waals surface area contributed by atoms with Gasteiger partial charge in [-0.05, 0) is 42.9 Å². The molecule has 0 aliphatic rings. The van der Waals surface area contributed by atoms with Gasteiger partial charge in [0.2, 0.25) is 0 Å². The predicted molar refractivity (Wildman–Crippen MR) is 87.8 cm³/mol. The van der Waals surface area contributed by atoms with Gasteiger partial charge in [-0.2, -0.15) is 0 Å². The number of nitrogens with zero attached hydrogens (tertiary/aromatic N) is 2. The van der Waals surface area contributed by atoms with Crippen molar-refractivity contribution in [2.75, 3.05) is 0 Å². The number of aryl methyl sites for hydroxylation is 1. The van der Waals surface area contributed by atoms with E-state index in [1.165, 1.54) is 12.1 Å². The summed E-state index contributed by atoms with van der Waals surface area (Å²) in [6.45, 7) is 2.02. The monoisotopic (exact) mass is 311 g/mol. The second-order valence-electron chi connectivity index (χ2n) is 4.93. The average molecular weight is 311 g/mol. The van der Waals surface area contributed by atoms with Crippen molar-refractivity contribution < 1.29 is 4.92 Å². The number of benzene rings is 2. The van der Waals surface area contributed by atoms with E-state index in [0.29, 0.717) is 4.77 Å². The van der Waals surface area contributed by atoms with Gasteiger partial charge < -0.3 is 4.98 Å². The third-order valence-corrected chi connectivity index (χ3v) is 3.78. The van der Waals surface area contributed by atoms with E-state index in [2.05, 4.69) is 4.98 Å². The maximum Gasteiger partial charge on any atom is 0.269 e. The number of nitrogens with one attached hydrogen (secondary N) is 1. The number of H-pyrrole nitrogens is 1. The van der Waals surface area contributed by atoms with Crippen molar-refractivity contribution in [2.24, 2.45) is 0 Å². The van der Waals surface area contributed by atoms with Gasteiger partial charge >= 0.3 is 0 Å². The number of nitro groups is 1. The zero-order valence-corrected chi connectivity index (χ0v) is 12.6. The lowest BCUT2D eigenvalue weighted by Gasteiger charge is -2.05. The summed E-state index contributed by atoms with van der Waals surface area (Å²) in [5, 5.41) is 10.7. The second kappa shape index (κ2) is 5.57. The lowest BCUT2D eigenvalue weighted by Crippen LogP contribution is -1.94. The van der Waals surface area contributed by atoms with Crippen molar-refractivity contribution in [2.45, 2.75) is 6.92 Å². The molecule has 1 aromatic heterocycles. The molecule has 0 aliphatic heterocycles. The van der Waals surface area contributed by atoms with Gasteiger partial charge in [0.05, 0.1) is 16.3 Å². The summed E-state index contributed by atoms with van der Waals surface area (Å²) in [6.07, 6.45) is 1.91. The van der Waals surface area contributed by atoms with E-state index in [4.69, 9.17) is 12.2 Å². The molecular formula is C16H13N3O2S. The number of non-ortho nitro benzene ring substituents is 1. The fourth-order valence-corrected chi connectivity index (χ4v) is 2.58. The van der Waals surface area contributed by atoms with Crippen LogP contribution in [0.5, 0.6) is 0 Å². The molecule has 0 fully saturated rings. The Bertz CT molecular complexity index is 894. The molecule has 110 valence electrons. The number of rotatable bonds is 3.